The fraction of sp³-hybridized carbons (Fsp3) is 0.200. The summed E-state index contributed by atoms with van der Waals surface area (Å²) in [6.45, 7) is 1.74. The minimum Gasteiger partial charge on any atom is -0.355 e. The number of hydrogen-bond donors (Lipinski definition) is 1. The molecular weight excluding hydrogens is 259 g/mol. The lowest BCUT2D eigenvalue weighted by atomic mass is 10.1. The average Bonchev–Trinajstić information content (AvgIpc) is 2.78. The van der Waals surface area contributed by atoms with Crippen LogP contribution >= 0.6 is 11.3 Å². The van der Waals surface area contributed by atoms with Gasteiger partial charge in [0.25, 0.3) is 0 Å². The summed E-state index contributed by atoms with van der Waals surface area (Å²) in [5.41, 5.74) is 0.433. The number of halogens is 1. The van der Waals surface area contributed by atoms with Crippen LogP contribution in [0.2, 0.25) is 0 Å². The number of thiazole rings is 1. The maximum absolute atomic E-state index is 13.4. The summed E-state index contributed by atoms with van der Waals surface area (Å²) in [4.78, 5) is 17.5. The van der Waals surface area contributed by atoms with Crippen LogP contribution in [0.1, 0.15) is 18.5 Å². The zero-order valence-electron chi connectivity index (χ0n) is 9.33. The lowest BCUT2D eigenvalue weighted by Gasteiger charge is -2.13. The Hall–Kier alpha value is -2.09. The molecule has 2 aromatic rings. The van der Waals surface area contributed by atoms with Crippen molar-refractivity contribution in [2.24, 2.45) is 0 Å². The van der Waals surface area contributed by atoms with Gasteiger partial charge in [0, 0.05) is 11.8 Å². The minimum atomic E-state index is -0.513. The molecule has 8 heteroatoms. The lowest BCUT2D eigenvalue weighted by Crippen LogP contribution is -2.08. The van der Waals surface area contributed by atoms with Gasteiger partial charge in [0.05, 0.1) is 17.2 Å². The normalized spacial score (nSPS) is 12.1. The summed E-state index contributed by atoms with van der Waals surface area (Å²) in [5, 5.41) is 13.7. The van der Waals surface area contributed by atoms with E-state index in [0.29, 0.717) is 10.7 Å². The molecule has 94 valence electrons. The molecule has 1 atom stereocenters. The summed E-state index contributed by atoms with van der Waals surface area (Å²) < 4.78 is 13.4. The van der Waals surface area contributed by atoms with Gasteiger partial charge in [0.2, 0.25) is 0 Å². The van der Waals surface area contributed by atoms with E-state index >= 15 is 0 Å². The number of pyridine rings is 1. The highest BCUT2D eigenvalue weighted by molar-refractivity contribution is 7.18. The van der Waals surface area contributed by atoms with Crippen LogP contribution < -0.4 is 5.32 Å². The highest BCUT2D eigenvalue weighted by atomic mass is 32.1. The number of hydrogen-bond acceptors (Lipinski definition) is 6. The monoisotopic (exact) mass is 268 g/mol. The van der Waals surface area contributed by atoms with Gasteiger partial charge < -0.3 is 5.32 Å². The highest BCUT2D eigenvalue weighted by Crippen LogP contribution is 2.28. The first-order valence-corrected chi connectivity index (χ1v) is 5.85. The molecule has 6 nitrogen and oxygen atoms in total. The zero-order chi connectivity index (χ0) is 13.1. The number of rotatable bonds is 4. The van der Waals surface area contributed by atoms with Gasteiger partial charge in [0.15, 0.2) is 5.13 Å². The molecule has 0 unspecified atom stereocenters. The van der Waals surface area contributed by atoms with Crippen molar-refractivity contribution in [2.75, 3.05) is 5.32 Å². The molecule has 2 heterocycles. The van der Waals surface area contributed by atoms with E-state index in [0.717, 1.165) is 17.5 Å². The van der Waals surface area contributed by atoms with Crippen LogP contribution in [0.4, 0.5) is 14.5 Å². The van der Waals surface area contributed by atoms with Crippen molar-refractivity contribution < 1.29 is 9.31 Å². The fourth-order valence-corrected chi connectivity index (χ4v) is 2.14. The molecule has 2 aromatic heterocycles. The molecule has 0 saturated carbocycles. The van der Waals surface area contributed by atoms with Crippen molar-refractivity contribution in [3.63, 3.8) is 0 Å². The van der Waals surface area contributed by atoms with Crippen LogP contribution in [0.3, 0.4) is 0 Å². The van der Waals surface area contributed by atoms with Crippen LogP contribution in [0.5, 0.6) is 0 Å². The second-order valence-electron chi connectivity index (χ2n) is 3.52. The van der Waals surface area contributed by atoms with Crippen molar-refractivity contribution in [3.05, 3.63) is 46.2 Å². The Morgan fingerprint density at radius 1 is 1.56 bits per heavy atom. The maximum Gasteiger partial charge on any atom is 0.345 e. The summed E-state index contributed by atoms with van der Waals surface area (Å²) in [5.74, 6) is -0.427. The molecule has 0 spiro atoms. The van der Waals surface area contributed by atoms with Gasteiger partial charge in [-0.1, -0.05) is 0 Å². The van der Waals surface area contributed by atoms with Crippen LogP contribution in [-0.2, 0) is 0 Å². The van der Waals surface area contributed by atoms with Crippen LogP contribution in [0.25, 0.3) is 0 Å². The Bertz CT molecular complexity index is 575. The number of aromatic nitrogens is 2. The standard InChI is InChI=1S/C10H9FN4O2S/c1-6(7-2-3-12-4-8(7)11)14-10-13-5-9(18-10)15(16)17/h2-6H,1H3,(H,13,14)/t6-/m1/s1. The zero-order valence-corrected chi connectivity index (χ0v) is 10.1. The summed E-state index contributed by atoms with van der Waals surface area (Å²) in [6.07, 6.45) is 3.78. The lowest BCUT2D eigenvalue weighted by molar-refractivity contribution is -0.380. The Kier molecular flexibility index (Phi) is 3.47. The molecule has 0 fully saturated rings. The van der Waals surface area contributed by atoms with E-state index in [1.165, 1.54) is 12.4 Å². The molecule has 0 aliphatic carbocycles. The molecule has 0 amide bonds. The molecule has 2 rings (SSSR count). The molecule has 0 bridgehead atoms. The largest absolute Gasteiger partial charge is 0.355 e. The van der Waals surface area contributed by atoms with E-state index < -0.39 is 10.7 Å². The molecule has 0 saturated heterocycles. The quantitative estimate of drug-likeness (QED) is 0.681. The summed E-state index contributed by atoms with van der Waals surface area (Å²) in [7, 11) is 0. The Labute approximate surface area is 106 Å². The summed E-state index contributed by atoms with van der Waals surface area (Å²) in [6, 6.07) is 1.20. The fourth-order valence-electron chi connectivity index (χ4n) is 1.42. The Morgan fingerprint density at radius 2 is 2.33 bits per heavy atom. The van der Waals surface area contributed by atoms with Gasteiger partial charge in [-0.2, -0.15) is 0 Å². The van der Waals surface area contributed by atoms with Gasteiger partial charge in [-0.25, -0.2) is 9.37 Å². The molecule has 18 heavy (non-hydrogen) atoms. The first-order chi connectivity index (χ1) is 8.58. The van der Waals surface area contributed by atoms with E-state index in [2.05, 4.69) is 15.3 Å². The van der Waals surface area contributed by atoms with E-state index in [9.17, 15) is 14.5 Å². The smallest absolute Gasteiger partial charge is 0.345 e. The predicted molar refractivity (Wildman–Crippen MR) is 65.0 cm³/mol. The second kappa shape index (κ2) is 5.05. The first-order valence-electron chi connectivity index (χ1n) is 5.04. The van der Waals surface area contributed by atoms with Crippen molar-refractivity contribution in [1.29, 1.82) is 0 Å². The van der Waals surface area contributed by atoms with Crippen molar-refractivity contribution in [2.45, 2.75) is 13.0 Å². The van der Waals surface area contributed by atoms with Crippen LogP contribution in [-0.4, -0.2) is 14.9 Å². The number of nitrogens with zero attached hydrogens (tertiary/aromatic N) is 3. The average molecular weight is 268 g/mol. The molecule has 0 radical (unpaired) electrons. The molecule has 0 aliphatic heterocycles. The third-order valence-corrected chi connectivity index (χ3v) is 3.16. The number of nitro groups is 1. The maximum atomic E-state index is 13.4. The van der Waals surface area contributed by atoms with Gasteiger partial charge in [-0.05, 0) is 24.3 Å². The molecular formula is C10H9FN4O2S. The Balaban J connectivity index is 2.13. The van der Waals surface area contributed by atoms with E-state index in [-0.39, 0.29) is 11.0 Å². The molecule has 0 aliphatic rings. The Morgan fingerprint density at radius 3 is 2.94 bits per heavy atom. The van der Waals surface area contributed by atoms with Crippen LogP contribution in [0.15, 0.2) is 24.7 Å². The van der Waals surface area contributed by atoms with E-state index in [1.54, 1.807) is 13.0 Å². The third kappa shape index (κ3) is 2.59. The highest BCUT2D eigenvalue weighted by Gasteiger charge is 2.15. The number of anilines is 1. The third-order valence-electron chi connectivity index (χ3n) is 2.28. The topological polar surface area (TPSA) is 81.0 Å². The number of nitrogens with one attached hydrogen (secondary N) is 1. The van der Waals surface area contributed by atoms with E-state index in [4.69, 9.17) is 0 Å². The first kappa shape index (κ1) is 12.4. The molecule has 1 N–H and O–H groups in total. The molecule has 0 aromatic carbocycles. The van der Waals surface area contributed by atoms with Crippen molar-refractivity contribution >= 4 is 21.5 Å². The van der Waals surface area contributed by atoms with Gasteiger partial charge in [-0.3, -0.25) is 15.1 Å². The van der Waals surface area contributed by atoms with Crippen molar-refractivity contribution in [3.8, 4) is 0 Å². The minimum absolute atomic E-state index is 0.0556. The van der Waals surface area contributed by atoms with Crippen LogP contribution in [0, 0.1) is 15.9 Å². The second-order valence-corrected chi connectivity index (χ2v) is 4.53. The van der Waals surface area contributed by atoms with Gasteiger partial charge in [0.1, 0.15) is 12.0 Å². The van der Waals surface area contributed by atoms with Gasteiger partial charge in [-0.15, -0.1) is 0 Å². The van der Waals surface area contributed by atoms with E-state index in [1.807, 2.05) is 0 Å². The SMILES string of the molecule is C[C@@H](Nc1ncc([N+](=O)[O-])s1)c1ccncc1F. The predicted octanol–water partition coefficient (Wildman–Crippen LogP) is 2.76. The summed E-state index contributed by atoms with van der Waals surface area (Å²) >= 11 is 0.910. The van der Waals surface area contributed by atoms with Gasteiger partial charge >= 0.3 is 5.00 Å². The van der Waals surface area contributed by atoms with Crippen molar-refractivity contribution in [1.82, 2.24) is 9.97 Å².